The van der Waals surface area contributed by atoms with Crippen LogP contribution in [-0.2, 0) is 0 Å². The molecule has 5 aliphatic heterocycles. The van der Waals surface area contributed by atoms with Gasteiger partial charge in [-0.05, 0) is 68.1 Å². The van der Waals surface area contributed by atoms with Crippen LogP contribution in [0.25, 0.3) is 0 Å². The maximum atomic E-state index is 13.6. The molecular formula is C24H26N2O3. The average molecular weight is 390 g/mol. The monoisotopic (exact) mass is 390 g/mol. The number of fused-ring (bicyclic) bond motifs is 3. The Morgan fingerprint density at radius 2 is 1.79 bits per heavy atom. The number of carbonyl (C=O) groups is 1. The summed E-state index contributed by atoms with van der Waals surface area (Å²) in [5.74, 6) is 2.76. The molecule has 2 aromatic rings. The molecule has 1 amide bonds. The molecule has 5 heteroatoms. The fourth-order valence-corrected chi connectivity index (χ4v) is 6.06. The molecule has 0 aliphatic carbocycles. The topological polar surface area (TPSA) is 42.0 Å². The first-order valence-corrected chi connectivity index (χ1v) is 10.7. The van der Waals surface area contributed by atoms with Crippen molar-refractivity contribution in [1.29, 1.82) is 0 Å². The number of likely N-dealkylation sites (tertiary alicyclic amines) is 1. The van der Waals surface area contributed by atoms with E-state index in [1.165, 1.54) is 18.4 Å². The highest BCUT2D eigenvalue weighted by atomic mass is 16.7. The Morgan fingerprint density at radius 3 is 2.62 bits per heavy atom. The summed E-state index contributed by atoms with van der Waals surface area (Å²) in [4.78, 5) is 18.4. The number of hydrogen-bond donors (Lipinski definition) is 0. The number of nitrogens with zero attached hydrogens (tertiary/aromatic N) is 2. The van der Waals surface area contributed by atoms with Crippen LogP contribution in [0.2, 0.25) is 0 Å². The first-order chi connectivity index (χ1) is 14.2. The van der Waals surface area contributed by atoms with Gasteiger partial charge in [-0.3, -0.25) is 9.69 Å². The molecule has 5 nitrogen and oxygen atoms in total. The number of ether oxygens (including phenoxy) is 2. The summed E-state index contributed by atoms with van der Waals surface area (Å²) < 4.78 is 11.1. The summed E-state index contributed by atoms with van der Waals surface area (Å²) in [7, 11) is 0. The van der Waals surface area contributed by atoms with E-state index >= 15 is 0 Å². The Hall–Kier alpha value is -2.53. The van der Waals surface area contributed by atoms with Crippen molar-refractivity contribution in [2.75, 3.05) is 26.4 Å². The van der Waals surface area contributed by atoms with Crippen LogP contribution in [0.1, 0.15) is 40.2 Å². The van der Waals surface area contributed by atoms with E-state index in [1.54, 1.807) is 0 Å². The van der Waals surface area contributed by atoms with Crippen molar-refractivity contribution < 1.29 is 14.3 Å². The molecule has 3 atom stereocenters. The molecule has 0 aromatic heterocycles. The summed E-state index contributed by atoms with van der Waals surface area (Å²) in [6.45, 7) is 5.40. The van der Waals surface area contributed by atoms with Crippen molar-refractivity contribution >= 4 is 5.91 Å². The van der Waals surface area contributed by atoms with E-state index in [1.807, 2.05) is 37.3 Å². The molecule has 0 N–H and O–H groups in total. The number of piperidine rings is 3. The highest BCUT2D eigenvalue weighted by Gasteiger charge is 2.54. The van der Waals surface area contributed by atoms with Gasteiger partial charge in [0, 0.05) is 24.1 Å². The molecule has 4 fully saturated rings. The molecule has 150 valence electrons. The Bertz CT molecular complexity index is 966. The van der Waals surface area contributed by atoms with Gasteiger partial charge in [0.15, 0.2) is 11.5 Å². The predicted octanol–water partition coefficient (Wildman–Crippen LogP) is 3.43. The maximum absolute atomic E-state index is 13.6. The SMILES string of the molecule is Cc1ccccc1C(=O)N1C[C@@H](c2ccc3c(c2)OCO3)[C@@H]2[C@H]1C1CCN2CC1. The second-order valence-corrected chi connectivity index (χ2v) is 8.85. The Kier molecular flexibility index (Phi) is 3.88. The lowest BCUT2D eigenvalue weighted by Gasteiger charge is -2.51. The normalized spacial score (nSPS) is 31.8. The van der Waals surface area contributed by atoms with E-state index in [9.17, 15) is 4.79 Å². The molecule has 0 radical (unpaired) electrons. The maximum Gasteiger partial charge on any atom is 0.254 e. The van der Waals surface area contributed by atoms with Crippen molar-refractivity contribution in [3.63, 3.8) is 0 Å². The van der Waals surface area contributed by atoms with E-state index in [4.69, 9.17) is 9.47 Å². The van der Waals surface area contributed by atoms with Crippen molar-refractivity contribution in [2.45, 2.75) is 37.8 Å². The molecule has 2 aromatic carbocycles. The molecule has 0 saturated carbocycles. The highest BCUT2D eigenvalue weighted by Crippen LogP contribution is 2.48. The lowest BCUT2D eigenvalue weighted by molar-refractivity contribution is -0.00343. The van der Waals surface area contributed by atoms with Gasteiger partial charge in [0.2, 0.25) is 6.79 Å². The van der Waals surface area contributed by atoms with Gasteiger partial charge in [0.05, 0.1) is 6.04 Å². The summed E-state index contributed by atoms with van der Waals surface area (Å²) in [6.07, 6.45) is 2.40. The first-order valence-electron chi connectivity index (χ1n) is 10.7. The molecule has 5 heterocycles. The number of amides is 1. The highest BCUT2D eigenvalue weighted by molar-refractivity contribution is 5.96. The third kappa shape index (κ3) is 2.60. The summed E-state index contributed by atoms with van der Waals surface area (Å²) in [5.41, 5.74) is 3.16. The van der Waals surface area contributed by atoms with Crippen LogP contribution < -0.4 is 9.47 Å². The average Bonchev–Trinajstić information content (AvgIpc) is 3.40. The predicted molar refractivity (Wildman–Crippen MR) is 109 cm³/mol. The van der Waals surface area contributed by atoms with E-state index < -0.39 is 0 Å². The molecular weight excluding hydrogens is 364 g/mol. The molecule has 2 bridgehead atoms. The number of carbonyl (C=O) groups excluding carboxylic acids is 1. The van der Waals surface area contributed by atoms with Gasteiger partial charge in [0.25, 0.3) is 5.91 Å². The van der Waals surface area contributed by atoms with Gasteiger partial charge < -0.3 is 14.4 Å². The summed E-state index contributed by atoms with van der Waals surface area (Å²) >= 11 is 0. The van der Waals surface area contributed by atoms with Crippen LogP contribution >= 0.6 is 0 Å². The smallest absolute Gasteiger partial charge is 0.254 e. The van der Waals surface area contributed by atoms with Crippen molar-refractivity contribution in [3.8, 4) is 11.5 Å². The lowest BCUT2D eigenvalue weighted by atomic mass is 9.75. The van der Waals surface area contributed by atoms with Gasteiger partial charge in [0.1, 0.15) is 0 Å². The minimum absolute atomic E-state index is 0.190. The Balaban J connectivity index is 1.39. The number of aryl methyl sites for hydroxylation is 1. The summed E-state index contributed by atoms with van der Waals surface area (Å²) in [6, 6.07) is 15.0. The third-order valence-corrected chi connectivity index (χ3v) is 7.46. The van der Waals surface area contributed by atoms with Crippen LogP contribution in [0.3, 0.4) is 0 Å². The summed E-state index contributed by atoms with van der Waals surface area (Å²) in [5, 5.41) is 0. The van der Waals surface area contributed by atoms with E-state index in [0.29, 0.717) is 30.7 Å². The van der Waals surface area contributed by atoms with Crippen LogP contribution in [-0.4, -0.2) is 54.2 Å². The molecule has 0 unspecified atom stereocenters. The zero-order valence-corrected chi connectivity index (χ0v) is 16.7. The Morgan fingerprint density at radius 1 is 1.00 bits per heavy atom. The second kappa shape index (κ2) is 6.49. The van der Waals surface area contributed by atoms with Crippen molar-refractivity contribution in [1.82, 2.24) is 9.80 Å². The van der Waals surface area contributed by atoms with Crippen molar-refractivity contribution in [3.05, 3.63) is 59.2 Å². The van der Waals surface area contributed by atoms with Crippen molar-refractivity contribution in [2.24, 2.45) is 5.92 Å². The van der Waals surface area contributed by atoms with Gasteiger partial charge in [-0.15, -0.1) is 0 Å². The minimum atomic E-state index is 0.190. The third-order valence-electron chi connectivity index (χ3n) is 7.46. The molecule has 7 rings (SSSR count). The number of benzene rings is 2. The molecule has 29 heavy (non-hydrogen) atoms. The quantitative estimate of drug-likeness (QED) is 0.788. The van der Waals surface area contributed by atoms with E-state index in [0.717, 1.165) is 42.3 Å². The zero-order valence-electron chi connectivity index (χ0n) is 16.7. The first kappa shape index (κ1) is 17.3. The van der Waals surface area contributed by atoms with Crippen LogP contribution in [0.15, 0.2) is 42.5 Å². The van der Waals surface area contributed by atoms with E-state index in [-0.39, 0.29) is 5.91 Å². The van der Waals surface area contributed by atoms with Crippen LogP contribution in [0.5, 0.6) is 11.5 Å². The Labute approximate surface area is 171 Å². The lowest BCUT2D eigenvalue weighted by Crippen LogP contribution is -2.60. The second-order valence-electron chi connectivity index (χ2n) is 8.85. The van der Waals surface area contributed by atoms with Gasteiger partial charge >= 0.3 is 0 Å². The van der Waals surface area contributed by atoms with Gasteiger partial charge in [-0.2, -0.15) is 0 Å². The van der Waals surface area contributed by atoms with Crippen LogP contribution in [0, 0.1) is 12.8 Å². The fourth-order valence-electron chi connectivity index (χ4n) is 6.06. The molecule has 4 saturated heterocycles. The minimum Gasteiger partial charge on any atom is -0.454 e. The number of rotatable bonds is 2. The van der Waals surface area contributed by atoms with Gasteiger partial charge in [-0.1, -0.05) is 24.3 Å². The zero-order chi connectivity index (χ0) is 19.5. The van der Waals surface area contributed by atoms with E-state index in [2.05, 4.69) is 21.9 Å². The van der Waals surface area contributed by atoms with Crippen LogP contribution in [0.4, 0.5) is 0 Å². The number of hydrogen-bond acceptors (Lipinski definition) is 4. The largest absolute Gasteiger partial charge is 0.454 e. The van der Waals surface area contributed by atoms with Gasteiger partial charge in [-0.25, -0.2) is 0 Å². The molecule has 0 spiro atoms. The fraction of sp³-hybridized carbons (Fsp3) is 0.458. The standard InChI is InChI=1S/C24H26N2O3/c1-15-4-2-3-5-18(15)24(27)26-13-19(17-6-7-20-21(12-17)29-14-28-20)23-22(26)16-8-10-25(23)11-9-16/h2-7,12,16,19,22-23H,8-11,13-14H2,1H3/t19-,22+,23+/m0/s1. The molecule has 5 aliphatic rings.